The first-order valence-electron chi connectivity index (χ1n) is 6.01. The van der Waals surface area contributed by atoms with Gasteiger partial charge in [0, 0.05) is 16.6 Å². The van der Waals surface area contributed by atoms with Crippen LogP contribution in [0.2, 0.25) is 0 Å². The molecule has 20 heavy (non-hydrogen) atoms. The van der Waals surface area contributed by atoms with E-state index < -0.39 is 10.0 Å². The Bertz CT molecular complexity index is 725. The van der Waals surface area contributed by atoms with E-state index in [0.29, 0.717) is 12.4 Å². The van der Waals surface area contributed by atoms with Crippen LogP contribution in [-0.4, -0.2) is 23.2 Å². The zero-order valence-electron chi connectivity index (χ0n) is 11.1. The summed E-state index contributed by atoms with van der Waals surface area (Å²) in [7, 11) is -3.90. The van der Waals surface area contributed by atoms with Crippen LogP contribution in [0.15, 0.2) is 33.9 Å². The van der Waals surface area contributed by atoms with Crippen molar-refractivity contribution in [1.82, 2.24) is 14.8 Å². The van der Waals surface area contributed by atoms with Gasteiger partial charge in [0.1, 0.15) is 0 Å². The summed E-state index contributed by atoms with van der Waals surface area (Å²) < 4.78 is 25.6. The van der Waals surface area contributed by atoms with Crippen molar-refractivity contribution < 1.29 is 8.42 Å². The zero-order valence-corrected chi connectivity index (χ0v) is 13.5. The van der Waals surface area contributed by atoms with Crippen molar-refractivity contribution in [3.8, 4) is 11.4 Å². The lowest BCUT2D eigenvalue weighted by atomic mass is 10.2. The molecule has 0 amide bonds. The van der Waals surface area contributed by atoms with Crippen molar-refractivity contribution >= 4 is 26.0 Å². The first kappa shape index (κ1) is 15.1. The molecule has 2 rings (SSSR count). The number of aromatic nitrogens is 3. The van der Waals surface area contributed by atoms with Gasteiger partial charge in [0.15, 0.2) is 5.82 Å². The molecule has 0 aliphatic rings. The van der Waals surface area contributed by atoms with Gasteiger partial charge in [-0.2, -0.15) is 0 Å². The predicted octanol–water partition coefficient (Wildman–Crippen LogP) is 2.01. The van der Waals surface area contributed by atoms with E-state index in [1.54, 1.807) is 4.57 Å². The molecular weight excluding hydrogens is 344 g/mol. The SMILES string of the molecule is CC(C)Cn1c(-c2cccc(Br)c2)nnc1S(N)(=O)=O. The maximum Gasteiger partial charge on any atom is 0.273 e. The minimum atomic E-state index is -3.90. The average molecular weight is 359 g/mol. The molecule has 0 fully saturated rings. The predicted molar refractivity (Wildman–Crippen MR) is 79.4 cm³/mol. The molecule has 0 saturated carbocycles. The monoisotopic (exact) mass is 358 g/mol. The molecule has 0 radical (unpaired) electrons. The number of nitrogens with two attached hydrogens (primary N) is 1. The van der Waals surface area contributed by atoms with Crippen molar-refractivity contribution in [3.63, 3.8) is 0 Å². The highest BCUT2D eigenvalue weighted by Crippen LogP contribution is 2.24. The van der Waals surface area contributed by atoms with Crippen molar-refractivity contribution in [2.75, 3.05) is 0 Å². The molecule has 0 unspecified atom stereocenters. The minimum Gasteiger partial charge on any atom is -0.296 e. The van der Waals surface area contributed by atoms with Gasteiger partial charge in [0.2, 0.25) is 0 Å². The maximum absolute atomic E-state index is 11.6. The van der Waals surface area contributed by atoms with Gasteiger partial charge in [0.05, 0.1) is 0 Å². The summed E-state index contributed by atoms with van der Waals surface area (Å²) in [5.41, 5.74) is 0.780. The summed E-state index contributed by atoms with van der Waals surface area (Å²) in [4.78, 5) is 0. The molecule has 1 aromatic heterocycles. The number of hydrogen-bond donors (Lipinski definition) is 1. The van der Waals surface area contributed by atoms with Crippen LogP contribution in [0.4, 0.5) is 0 Å². The number of rotatable bonds is 4. The van der Waals surface area contributed by atoms with Gasteiger partial charge in [-0.3, -0.25) is 4.57 Å². The molecule has 0 aliphatic carbocycles. The fourth-order valence-electron chi connectivity index (χ4n) is 1.87. The Labute approximate surface area is 126 Å². The zero-order chi connectivity index (χ0) is 14.9. The second kappa shape index (κ2) is 5.63. The van der Waals surface area contributed by atoms with Gasteiger partial charge in [-0.1, -0.05) is 41.9 Å². The van der Waals surface area contributed by atoms with E-state index in [1.807, 2.05) is 38.1 Å². The third-order valence-corrected chi connectivity index (χ3v) is 3.91. The number of sulfonamides is 1. The number of primary sulfonamides is 1. The van der Waals surface area contributed by atoms with Crippen molar-refractivity contribution in [2.24, 2.45) is 11.1 Å². The Morgan fingerprint density at radius 2 is 2.05 bits per heavy atom. The van der Waals surface area contributed by atoms with E-state index in [0.717, 1.165) is 10.0 Å². The standard InChI is InChI=1S/C12H15BrN4O2S/c1-8(2)7-17-11(9-4-3-5-10(13)6-9)15-16-12(17)20(14,18)19/h3-6,8H,7H2,1-2H3,(H2,14,18,19). The van der Waals surface area contributed by atoms with Gasteiger partial charge >= 0.3 is 0 Å². The molecule has 1 aromatic carbocycles. The highest BCUT2D eigenvalue weighted by Gasteiger charge is 2.22. The summed E-state index contributed by atoms with van der Waals surface area (Å²) in [5.74, 6) is 0.724. The lowest BCUT2D eigenvalue weighted by molar-refractivity contribution is 0.486. The quantitative estimate of drug-likeness (QED) is 0.904. The smallest absolute Gasteiger partial charge is 0.273 e. The van der Waals surface area contributed by atoms with Crippen LogP contribution in [0.25, 0.3) is 11.4 Å². The van der Waals surface area contributed by atoms with Gasteiger partial charge in [-0.25, -0.2) is 13.6 Å². The lowest BCUT2D eigenvalue weighted by Crippen LogP contribution is -2.20. The number of hydrogen-bond acceptors (Lipinski definition) is 4. The maximum atomic E-state index is 11.6. The largest absolute Gasteiger partial charge is 0.296 e. The molecule has 0 bridgehead atoms. The Kier molecular flexibility index (Phi) is 4.26. The first-order valence-corrected chi connectivity index (χ1v) is 8.35. The van der Waals surface area contributed by atoms with Crippen molar-refractivity contribution in [3.05, 3.63) is 28.7 Å². The topological polar surface area (TPSA) is 90.9 Å². The van der Waals surface area contributed by atoms with Crippen LogP contribution in [0.1, 0.15) is 13.8 Å². The molecular formula is C12H15BrN4O2S. The summed E-state index contributed by atoms with van der Waals surface area (Å²) >= 11 is 3.38. The van der Waals surface area contributed by atoms with E-state index in [9.17, 15) is 8.42 Å². The fourth-order valence-corrected chi connectivity index (χ4v) is 2.89. The van der Waals surface area contributed by atoms with E-state index >= 15 is 0 Å². The molecule has 2 aromatic rings. The van der Waals surface area contributed by atoms with Crippen LogP contribution in [-0.2, 0) is 16.6 Å². The van der Waals surface area contributed by atoms with Gasteiger partial charge < -0.3 is 0 Å². The molecule has 0 saturated heterocycles. The van der Waals surface area contributed by atoms with Crippen molar-refractivity contribution in [2.45, 2.75) is 25.5 Å². The van der Waals surface area contributed by atoms with Crippen LogP contribution >= 0.6 is 15.9 Å². The summed E-state index contributed by atoms with van der Waals surface area (Å²) in [5, 5.41) is 12.7. The van der Waals surface area contributed by atoms with Gasteiger partial charge in [-0.05, 0) is 18.1 Å². The third-order valence-electron chi connectivity index (χ3n) is 2.60. The average Bonchev–Trinajstić information content (AvgIpc) is 2.71. The van der Waals surface area contributed by atoms with E-state index in [1.165, 1.54) is 0 Å². The van der Waals surface area contributed by atoms with E-state index in [2.05, 4.69) is 26.1 Å². The van der Waals surface area contributed by atoms with Crippen LogP contribution in [0.3, 0.4) is 0 Å². The van der Waals surface area contributed by atoms with Crippen LogP contribution in [0.5, 0.6) is 0 Å². The number of halogens is 1. The highest BCUT2D eigenvalue weighted by atomic mass is 79.9. The summed E-state index contributed by atoms with van der Waals surface area (Å²) in [6, 6.07) is 7.43. The number of benzene rings is 1. The molecule has 6 nitrogen and oxygen atoms in total. The normalized spacial score (nSPS) is 12.1. The Balaban J connectivity index is 2.62. The second-order valence-electron chi connectivity index (χ2n) is 4.87. The van der Waals surface area contributed by atoms with Gasteiger partial charge in [0.25, 0.3) is 15.2 Å². The van der Waals surface area contributed by atoms with Crippen LogP contribution in [0, 0.1) is 5.92 Å². The minimum absolute atomic E-state index is 0.207. The van der Waals surface area contributed by atoms with Gasteiger partial charge in [-0.15, -0.1) is 10.2 Å². The number of nitrogens with zero attached hydrogens (tertiary/aromatic N) is 3. The molecule has 0 spiro atoms. The Morgan fingerprint density at radius 3 is 2.60 bits per heavy atom. The first-order chi connectivity index (χ1) is 9.29. The molecule has 108 valence electrons. The molecule has 2 N–H and O–H groups in total. The molecule has 0 aliphatic heterocycles. The molecule has 0 atom stereocenters. The van der Waals surface area contributed by atoms with E-state index in [-0.39, 0.29) is 11.1 Å². The Hall–Kier alpha value is -1.25. The highest BCUT2D eigenvalue weighted by molar-refractivity contribution is 9.10. The van der Waals surface area contributed by atoms with Crippen molar-refractivity contribution in [1.29, 1.82) is 0 Å². The lowest BCUT2D eigenvalue weighted by Gasteiger charge is -2.11. The molecule has 8 heteroatoms. The van der Waals surface area contributed by atoms with Crippen LogP contribution < -0.4 is 5.14 Å². The fraction of sp³-hybridized carbons (Fsp3) is 0.333. The Morgan fingerprint density at radius 1 is 1.35 bits per heavy atom. The van der Waals surface area contributed by atoms with E-state index in [4.69, 9.17) is 5.14 Å². The molecule has 1 heterocycles. The summed E-state index contributed by atoms with van der Waals surface area (Å²) in [6.45, 7) is 4.44. The third kappa shape index (κ3) is 3.25. The second-order valence-corrected chi connectivity index (χ2v) is 7.24. The summed E-state index contributed by atoms with van der Waals surface area (Å²) in [6.07, 6.45) is 0.